The van der Waals surface area contributed by atoms with E-state index in [-0.39, 0.29) is 5.78 Å². The minimum Gasteiger partial charge on any atom is -0.374 e. The first-order valence-electron chi connectivity index (χ1n) is 8.52. The van der Waals surface area contributed by atoms with Gasteiger partial charge in [-0.25, -0.2) is 4.99 Å². The molecule has 2 aromatic rings. The summed E-state index contributed by atoms with van der Waals surface area (Å²) in [5.74, 6) is 0.366. The third-order valence-electron chi connectivity index (χ3n) is 5.35. The number of benzene rings is 1. The minimum atomic E-state index is -1.46. The lowest BCUT2D eigenvalue weighted by atomic mass is 9.85. The maximum Gasteiger partial charge on any atom is 0.205 e. The van der Waals surface area contributed by atoms with Gasteiger partial charge in [0.15, 0.2) is 11.4 Å². The lowest BCUT2D eigenvalue weighted by Gasteiger charge is -2.29. The Morgan fingerprint density at radius 1 is 1.17 bits per heavy atom. The van der Waals surface area contributed by atoms with Gasteiger partial charge in [0.2, 0.25) is 5.78 Å². The molecule has 1 atom stereocenters. The zero-order valence-corrected chi connectivity index (χ0v) is 14.1. The van der Waals surface area contributed by atoms with Crippen LogP contribution in [0.5, 0.6) is 0 Å². The van der Waals surface area contributed by atoms with Crippen LogP contribution in [0, 0.1) is 0 Å². The number of hydrogen-bond acceptors (Lipinski definition) is 5. The zero-order chi connectivity index (χ0) is 16.3. The number of nitrogens with zero attached hydrogens (tertiary/aromatic N) is 2. The van der Waals surface area contributed by atoms with Gasteiger partial charge < -0.3 is 10.0 Å². The molecular weight excluding hydrogens is 320 g/mol. The Bertz CT molecular complexity index is 871. The highest BCUT2D eigenvalue weighted by Gasteiger charge is 2.53. The smallest absolute Gasteiger partial charge is 0.205 e. The molecule has 2 aliphatic heterocycles. The van der Waals surface area contributed by atoms with E-state index in [4.69, 9.17) is 4.99 Å². The Kier molecular flexibility index (Phi) is 3.00. The standard InChI is InChI=1S/C19H18N2O2S/c22-16-15-13-8-4-5-9-14(13)24-17(15)20-18-19(16,23)10-11-21(18)12-6-2-1-3-7-12/h1-3,6-7,23H,4-5,8-11H2/t19-/m1/s1. The number of aliphatic imine (C=N–C) groups is 1. The molecule has 0 amide bonds. The molecule has 1 aromatic carbocycles. The van der Waals surface area contributed by atoms with Crippen molar-refractivity contribution >= 4 is 33.6 Å². The highest BCUT2D eigenvalue weighted by atomic mass is 32.1. The van der Waals surface area contributed by atoms with Gasteiger partial charge in [-0.3, -0.25) is 4.79 Å². The number of para-hydroxylation sites is 1. The summed E-state index contributed by atoms with van der Waals surface area (Å²) in [7, 11) is 0. The molecule has 24 heavy (non-hydrogen) atoms. The van der Waals surface area contributed by atoms with E-state index in [2.05, 4.69) is 0 Å². The Balaban J connectivity index is 1.68. The maximum absolute atomic E-state index is 13.2. The molecule has 0 radical (unpaired) electrons. The predicted octanol–water partition coefficient (Wildman–Crippen LogP) is 3.49. The Hall–Kier alpha value is -1.98. The molecule has 3 heterocycles. The van der Waals surface area contributed by atoms with Crippen molar-refractivity contribution in [2.24, 2.45) is 4.99 Å². The molecule has 5 heteroatoms. The minimum absolute atomic E-state index is 0.139. The van der Waals surface area contributed by atoms with Gasteiger partial charge in [-0.2, -0.15) is 0 Å². The van der Waals surface area contributed by atoms with Gasteiger partial charge in [0.25, 0.3) is 0 Å². The molecule has 4 nitrogen and oxygen atoms in total. The summed E-state index contributed by atoms with van der Waals surface area (Å²) in [4.78, 5) is 21.2. The fraction of sp³-hybridized carbons (Fsp3) is 0.368. The van der Waals surface area contributed by atoms with E-state index in [0.29, 0.717) is 24.4 Å². The third kappa shape index (κ3) is 1.82. The van der Waals surface area contributed by atoms with E-state index >= 15 is 0 Å². The number of ketones is 1. The van der Waals surface area contributed by atoms with Gasteiger partial charge in [-0.05, 0) is 43.4 Å². The molecule has 1 N–H and O–H groups in total. The van der Waals surface area contributed by atoms with Crippen molar-refractivity contribution in [3.63, 3.8) is 0 Å². The quantitative estimate of drug-likeness (QED) is 0.866. The van der Waals surface area contributed by atoms with E-state index in [0.717, 1.165) is 35.5 Å². The van der Waals surface area contributed by atoms with Crippen LogP contribution in [0.15, 0.2) is 35.3 Å². The second-order valence-electron chi connectivity index (χ2n) is 6.75. The Morgan fingerprint density at radius 2 is 1.96 bits per heavy atom. The molecule has 1 aliphatic carbocycles. The van der Waals surface area contributed by atoms with Crippen molar-refractivity contribution in [3.8, 4) is 0 Å². The van der Waals surface area contributed by atoms with Crippen LogP contribution in [0.3, 0.4) is 0 Å². The van der Waals surface area contributed by atoms with Gasteiger partial charge in [0.1, 0.15) is 5.00 Å². The zero-order valence-electron chi connectivity index (χ0n) is 13.3. The molecule has 1 saturated heterocycles. The normalized spacial score (nSPS) is 25.1. The number of rotatable bonds is 1. The Labute approximate surface area is 144 Å². The summed E-state index contributed by atoms with van der Waals surface area (Å²) in [5.41, 5.74) is 1.37. The van der Waals surface area contributed by atoms with Gasteiger partial charge in [0.05, 0.1) is 5.56 Å². The van der Waals surface area contributed by atoms with Gasteiger partial charge in [-0.1, -0.05) is 18.2 Å². The first kappa shape index (κ1) is 14.4. The average molecular weight is 338 g/mol. The molecule has 122 valence electrons. The van der Waals surface area contributed by atoms with Gasteiger partial charge in [0, 0.05) is 23.5 Å². The van der Waals surface area contributed by atoms with Crippen molar-refractivity contribution in [2.45, 2.75) is 37.7 Å². The average Bonchev–Trinajstić information content (AvgIpc) is 3.15. The van der Waals surface area contributed by atoms with Crippen molar-refractivity contribution in [2.75, 3.05) is 11.4 Å². The molecule has 0 unspecified atom stereocenters. The van der Waals surface area contributed by atoms with Crippen LogP contribution in [0.25, 0.3) is 0 Å². The lowest BCUT2D eigenvalue weighted by molar-refractivity contribution is 0.0601. The summed E-state index contributed by atoms with van der Waals surface area (Å²) < 4.78 is 0. The number of Topliss-reactive ketones (excluding diaryl/α,β-unsaturated/α-hetero) is 1. The SMILES string of the molecule is O=C1c2c(sc3c2CCCC3)N=C2N(c3ccccc3)CC[C@@]12O. The second-order valence-corrected chi connectivity index (χ2v) is 7.84. The molecule has 1 fully saturated rings. The first-order chi connectivity index (χ1) is 11.7. The molecule has 5 rings (SSSR count). The highest BCUT2D eigenvalue weighted by Crippen LogP contribution is 2.47. The van der Waals surface area contributed by atoms with Crippen LogP contribution < -0.4 is 4.90 Å². The van der Waals surface area contributed by atoms with Gasteiger partial charge in [-0.15, -0.1) is 11.3 Å². The molecule has 3 aliphatic rings. The number of aliphatic hydroxyl groups is 1. The highest BCUT2D eigenvalue weighted by molar-refractivity contribution is 7.16. The van der Waals surface area contributed by atoms with Crippen LogP contribution in [-0.4, -0.2) is 28.9 Å². The summed E-state index contributed by atoms with van der Waals surface area (Å²) >= 11 is 1.64. The van der Waals surface area contributed by atoms with Crippen LogP contribution in [0.2, 0.25) is 0 Å². The summed E-state index contributed by atoms with van der Waals surface area (Å²) in [6.07, 6.45) is 4.68. The van der Waals surface area contributed by atoms with Crippen molar-refractivity contribution in [3.05, 3.63) is 46.3 Å². The number of fused-ring (bicyclic) bond motifs is 4. The number of anilines is 1. The van der Waals surface area contributed by atoms with E-state index < -0.39 is 5.60 Å². The van der Waals surface area contributed by atoms with E-state index in [1.54, 1.807) is 11.3 Å². The van der Waals surface area contributed by atoms with Crippen molar-refractivity contribution in [1.82, 2.24) is 0 Å². The second kappa shape index (κ2) is 5.01. The summed E-state index contributed by atoms with van der Waals surface area (Å²) in [5, 5.41) is 12.0. The lowest BCUT2D eigenvalue weighted by Crippen LogP contribution is -2.48. The van der Waals surface area contributed by atoms with Crippen LogP contribution in [0.4, 0.5) is 10.7 Å². The molecule has 0 saturated carbocycles. The summed E-state index contributed by atoms with van der Waals surface area (Å²) in [6, 6.07) is 9.88. The van der Waals surface area contributed by atoms with Crippen molar-refractivity contribution < 1.29 is 9.90 Å². The number of amidine groups is 1. The number of carbonyl (C=O) groups is 1. The molecule has 1 aromatic heterocycles. The molecule has 0 spiro atoms. The molecular formula is C19H18N2O2S. The van der Waals surface area contributed by atoms with Crippen LogP contribution in [0.1, 0.15) is 40.1 Å². The van der Waals surface area contributed by atoms with Crippen LogP contribution in [-0.2, 0) is 12.8 Å². The number of carbonyl (C=O) groups excluding carboxylic acids is 1. The van der Waals surface area contributed by atoms with Crippen molar-refractivity contribution in [1.29, 1.82) is 0 Å². The number of aryl methyl sites for hydroxylation is 1. The Morgan fingerprint density at radius 3 is 2.79 bits per heavy atom. The first-order valence-corrected chi connectivity index (χ1v) is 9.33. The third-order valence-corrected chi connectivity index (χ3v) is 6.54. The fourth-order valence-electron chi connectivity index (χ4n) is 4.11. The van der Waals surface area contributed by atoms with E-state index in [9.17, 15) is 9.90 Å². The number of thiophene rings is 1. The van der Waals surface area contributed by atoms with Gasteiger partial charge >= 0.3 is 0 Å². The number of hydrogen-bond donors (Lipinski definition) is 1. The predicted molar refractivity (Wildman–Crippen MR) is 95.7 cm³/mol. The maximum atomic E-state index is 13.2. The fourth-order valence-corrected chi connectivity index (χ4v) is 5.37. The van der Waals surface area contributed by atoms with Crippen LogP contribution >= 0.6 is 11.3 Å². The topological polar surface area (TPSA) is 52.9 Å². The largest absolute Gasteiger partial charge is 0.374 e. The van der Waals surface area contributed by atoms with E-state index in [1.165, 1.54) is 11.3 Å². The van der Waals surface area contributed by atoms with E-state index in [1.807, 2.05) is 35.2 Å². The monoisotopic (exact) mass is 338 g/mol. The summed E-state index contributed by atoms with van der Waals surface area (Å²) in [6.45, 7) is 0.613. The molecule has 0 bridgehead atoms.